The van der Waals surface area contributed by atoms with Gasteiger partial charge in [-0.2, -0.15) is 0 Å². The number of carbonyl (C=O) groups excluding carboxylic acids is 3. The predicted molar refractivity (Wildman–Crippen MR) is 268 cm³/mol. The zero-order chi connectivity index (χ0) is 47.0. The number of carboxylic acid groups (broad SMARTS) is 1. The van der Waals surface area contributed by atoms with Gasteiger partial charge in [-0.3, -0.25) is 9.59 Å². The molecule has 0 fully saturated rings. The number of carboxylic acids is 1. The Morgan fingerprint density at radius 3 is 1.30 bits per heavy atom. The molecule has 0 N–H and O–H groups in total. The van der Waals surface area contributed by atoms with Crippen molar-refractivity contribution in [2.75, 3.05) is 41.0 Å². The summed E-state index contributed by atoms with van der Waals surface area (Å²) in [5, 5.41) is 11.7. The summed E-state index contributed by atoms with van der Waals surface area (Å²) in [5.74, 6) is -1.79. The number of rotatable bonds is 46. The third kappa shape index (κ3) is 44.0. The lowest BCUT2D eigenvalue weighted by Crippen LogP contribution is -2.55. The monoisotopic (exact) mass is 896 g/mol. The molecule has 0 spiro atoms. The number of quaternary nitrogens is 1. The van der Waals surface area contributed by atoms with E-state index in [2.05, 4.69) is 26.0 Å². The molecule has 0 aromatic rings. The summed E-state index contributed by atoms with van der Waals surface area (Å²) < 4.78 is 17.2. The minimum atomic E-state index is -1.13. The van der Waals surface area contributed by atoms with Crippen molar-refractivity contribution in [1.29, 1.82) is 0 Å². The van der Waals surface area contributed by atoms with Crippen LogP contribution in [0.3, 0.4) is 0 Å². The molecule has 0 heterocycles. The molecule has 8 nitrogen and oxygen atoms in total. The summed E-state index contributed by atoms with van der Waals surface area (Å²) in [4.78, 5) is 37.0. The highest BCUT2D eigenvalue weighted by Gasteiger charge is 2.25. The van der Waals surface area contributed by atoms with Crippen molar-refractivity contribution in [3.05, 3.63) is 72.9 Å². The van der Waals surface area contributed by atoms with Gasteiger partial charge in [0.25, 0.3) is 0 Å². The van der Waals surface area contributed by atoms with Crippen molar-refractivity contribution >= 4 is 17.9 Å². The highest BCUT2D eigenvalue weighted by atomic mass is 16.6. The molecule has 0 aromatic carbocycles. The molecule has 0 saturated heterocycles. The molecule has 0 saturated carbocycles. The van der Waals surface area contributed by atoms with Crippen LogP contribution in [0.4, 0.5) is 0 Å². The number of carbonyl (C=O) groups is 3. The summed E-state index contributed by atoms with van der Waals surface area (Å²) in [6.07, 6.45) is 59.4. The fraction of sp³-hybridized carbons (Fsp3) is 0.732. The largest absolute Gasteiger partial charge is 0.544 e. The van der Waals surface area contributed by atoms with Crippen LogP contribution in [0.15, 0.2) is 72.9 Å². The van der Waals surface area contributed by atoms with Gasteiger partial charge in [0.05, 0.1) is 40.3 Å². The summed E-state index contributed by atoms with van der Waals surface area (Å²) in [6, 6.07) is -0.738. The van der Waals surface area contributed by atoms with Gasteiger partial charge < -0.3 is 28.6 Å². The molecule has 368 valence electrons. The summed E-state index contributed by atoms with van der Waals surface area (Å²) >= 11 is 0. The van der Waals surface area contributed by atoms with E-state index < -0.39 is 18.1 Å². The lowest BCUT2D eigenvalue weighted by atomic mass is 10.0. The first-order valence-electron chi connectivity index (χ1n) is 26.0. The van der Waals surface area contributed by atoms with Crippen molar-refractivity contribution < 1.29 is 38.2 Å². The first-order chi connectivity index (χ1) is 31.1. The maximum absolute atomic E-state index is 12.8. The molecule has 0 aliphatic rings. The third-order valence-corrected chi connectivity index (χ3v) is 11.5. The summed E-state index contributed by atoms with van der Waals surface area (Å²) in [7, 11) is 5.39. The molecular weight excluding hydrogens is 799 g/mol. The van der Waals surface area contributed by atoms with Gasteiger partial charge in [-0.05, 0) is 32.1 Å². The summed E-state index contributed by atoms with van der Waals surface area (Å²) in [6.45, 7) is 4.49. The van der Waals surface area contributed by atoms with Crippen LogP contribution >= 0.6 is 0 Å². The van der Waals surface area contributed by atoms with Crippen molar-refractivity contribution in [3.63, 3.8) is 0 Å². The standard InChI is InChI=1S/C56H97NO7/c1-6-8-10-12-14-16-18-20-22-24-25-26-27-28-29-31-32-34-36-38-40-42-44-46-54(58)63-51-52(50-62-49-48-53(56(60)61)57(3,4)5)64-55(59)47-45-43-41-39-37-35-33-30-23-21-19-17-15-13-11-9-7-2/h9,11,13,15,17,19,21,23,30,33,35,37,52-53H,6-8,10,12,14,16,18,20,22,24-29,31-32,34,36,38-51H2,1-5H3/b11-9+,15-13+,19-17+,23-21+,33-30+,37-35+. The number of hydrogen-bond acceptors (Lipinski definition) is 7. The lowest BCUT2D eigenvalue weighted by Gasteiger charge is -2.34. The van der Waals surface area contributed by atoms with E-state index in [1.807, 2.05) is 60.8 Å². The lowest BCUT2D eigenvalue weighted by molar-refractivity contribution is -0.889. The average Bonchev–Trinajstić information content (AvgIpc) is 3.26. The van der Waals surface area contributed by atoms with E-state index in [0.29, 0.717) is 12.8 Å². The minimum absolute atomic E-state index is 0.0207. The highest BCUT2D eigenvalue weighted by Crippen LogP contribution is 2.16. The van der Waals surface area contributed by atoms with Crippen LogP contribution in [0.25, 0.3) is 0 Å². The molecule has 0 aliphatic carbocycles. The number of allylic oxidation sites excluding steroid dienone is 12. The van der Waals surface area contributed by atoms with Crippen molar-refractivity contribution in [3.8, 4) is 0 Å². The summed E-state index contributed by atoms with van der Waals surface area (Å²) in [5.41, 5.74) is 0. The van der Waals surface area contributed by atoms with E-state index in [-0.39, 0.29) is 49.1 Å². The molecule has 0 radical (unpaired) electrons. The van der Waals surface area contributed by atoms with Crippen LogP contribution in [-0.4, -0.2) is 75.5 Å². The van der Waals surface area contributed by atoms with Crippen LogP contribution in [0.2, 0.25) is 0 Å². The Bertz CT molecular complexity index is 1270. The number of hydrogen-bond donors (Lipinski definition) is 0. The molecule has 0 aliphatic heterocycles. The van der Waals surface area contributed by atoms with Gasteiger partial charge in [0.2, 0.25) is 0 Å². The van der Waals surface area contributed by atoms with Crippen LogP contribution in [0.5, 0.6) is 0 Å². The molecule has 2 unspecified atom stereocenters. The van der Waals surface area contributed by atoms with Crippen LogP contribution in [0, 0.1) is 0 Å². The highest BCUT2D eigenvalue weighted by molar-refractivity contribution is 5.70. The quantitative estimate of drug-likeness (QED) is 0.0259. The predicted octanol–water partition coefficient (Wildman–Crippen LogP) is 13.8. The number of ether oxygens (including phenoxy) is 3. The number of nitrogens with zero attached hydrogens (tertiary/aromatic N) is 1. The zero-order valence-corrected chi connectivity index (χ0v) is 41.9. The van der Waals surface area contributed by atoms with Crippen molar-refractivity contribution in [2.45, 2.75) is 225 Å². The Labute approximate surface area is 393 Å². The number of unbranched alkanes of at least 4 members (excludes halogenated alkanes) is 25. The molecule has 0 bridgehead atoms. The van der Waals surface area contributed by atoms with E-state index >= 15 is 0 Å². The van der Waals surface area contributed by atoms with Gasteiger partial charge >= 0.3 is 11.9 Å². The SMILES string of the molecule is CC/C=C/C=C/C=C/C=C/C=C/C=C/CCCCCC(=O)OC(COCCC(C(=O)[O-])[N+](C)(C)C)COC(=O)CCCCCCCCCCCCCCCCCCCCCCCCC. The Kier molecular flexibility index (Phi) is 44.0. The second-order valence-electron chi connectivity index (χ2n) is 18.5. The van der Waals surface area contributed by atoms with E-state index in [1.165, 1.54) is 128 Å². The van der Waals surface area contributed by atoms with Gasteiger partial charge in [-0.25, -0.2) is 0 Å². The minimum Gasteiger partial charge on any atom is -0.544 e. The average molecular weight is 896 g/mol. The maximum atomic E-state index is 12.8. The van der Waals surface area contributed by atoms with E-state index in [1.54, 1.807) is 21.1 Å². The topological polar surface area (TPSA) is 102 Å². The first-order valence-corrected chi connectivity index (χ1v) is 26.0. The van der Waals surface area contributed by atoms with Crippen molar-refractivity contribution in [1.82, 2.24) is 0 Å². The van der Waals surface area contributed by atoms with Crippen molar-refractivity contribution in [2.24, 2.45) is 0 Å². The first kappa shape index (κ1) is 60.8. The molecule has 0 amide bonds. The van der Waals surface area contributed by atoms with Gasteiger partial charge in [-0.1, -0.05) is 234 Å². The smallest absolute Gasteiger partial charge is 0.306 e. The fourth-order valence-corrected chi connectivity index (χ4v) is 7.52. The Hall–Kier alpha value is -3.23. The Morgan fingerprint density at radius 1 is 0.484 bits per heavy atom. The normalized spacial score (nSPS) is 13.5. The number of likely N-dealkylation sites (N-methyl/N-ethyl adjacent to an activating group) is 1. The number of esters is 2. The fourth-order valence-electron chi connectivity index (χ4n) is 7.52. The molecule has 0 aromatic heterocycles. The Balaban J connectivity index is 4.25. The zero-order valence-electron chi connectivity index (χ0n) is 41.9. The Morgan fingerprint density at radius 2 is 0.875 bits per heavy atom. The molecular formula is C56H97NO7. The van der Waals surface area contributed by atoms with E-state index in [0.717, 1.165) is 44.9 Å². The third-order valence-electron chi connectivity index (χ3n) is 11.5. The van der Waals surface area contributed by atoms with Gasteiger partial charge in [0.15, 0.2) is 6.10 Å². The van der Waals surface area contributed by atoms with Crippen LogP contribution in [0.1, 0.15) is 213 Å². The second kappa shape index (κ2) is 46.3. The number of aliphatic carboxylic acids is 1. The molecule has 0 rings (SSSR count). The van der Waals surface area contributed by atoms with Crippen LogP contribution < -0.4 is 5.11 Å². The van der Waals surface area contributed by atoms with Gasteiger partial charge in [-0.15, -0.1) is 0 Å². The second-order valence-corrected chi connectivity index (χ2v) is 18.5. The van der Waals surface area contributed by atoms with E-state index in [4.69, 9.17) is 14.2 Å². The molecule has 8 heteroatoms. The van der Waals surface area contributed by atoms with Gasteiger partial charge in [0.1, 0.15) is 12.6 Å². The maximum Gasteiger partial charge on any atom is 0.306 e. The van der Waals surface area contributed by atoms with Gasteiger partial charge in [0, 0.05) is 19.3 Å². The van der Waals surface area contributed by atoms with E-state index in [9.17, 15) is 19.5 Å². The van der Waals surface area contributed by atoms with Crippen LogP contribution in [-0.2, 0) is 28.6 Å². The molecule has 64 heavy (non-hydrogen) atoms. The molecule has 2 atom stereocenters.